The third kappa shape index (κ3) is 4.09. The number of nitrogens with zero attached hydrogens (tertiary/aromatic N) is 1. The maximum atomic E-state index is 12.2. The monoisotopic (exact) mass is 319 g/mol. The second-order valence-electron chi connectivity index (χ2n) is 5.63. The first-order chi connectivity index (χ1) is 10.9. The van der Waals surface area contributed by atoms with Crippen LogP contribution in [0.25, 0.3) is 0 Å². The van der Waals surface area contributed by atoms with E-state index >= 15 is 0 Å². The minimum Gasteiger partial charge on any atom is -0.478 e. The highest BCUT2D eigenvalue weighted by Gasteiger charge is 2.32. The molecule has 0 radical (unpaired) electrons. The zero-order chi connectivity index (χ0) is 17.0. The number of aryl methyl sites for hydroxylation is 2. The van der Waals surface area contributed by atoms with Gasteiger partial charge in [-0.1, -0.05) is 24.6 Å². The summed E-state index contributed by atoms with van der Waals surface area (Å²) < 4.78 is 5.70. The molecule has 0 saturated carbocycles. The third-order valence-electron chi connectivity index (χ3n) is 3.65. The van der Waals surface area contributed by atoms with Gasteiger partial charge >= 0.3 is 5.97 Å². The fourth-order valence-electron chi connectivity index (χ4n) is 2.37. The van der Waals surface area contributed by atoms with Crippen molar-refractivity contribution in [3.63, 3.8) is 0 Å². The number of ether oxygens (including phenoxy) is 1. The largest absolute Gasteiger partial charge is 0.478 e. The molecule has 1 aliphatic heterocycles. The van der Waals surface area contributed by atoms with Crippen LogP contribution in [0.1, 0.15) is 43.7 Å². The highest BCUT2D eigenvalue weighted by molar-refractivity contribution is 5.97. The van der Waals surface area contributed by atoms with E-state index < -0.39 is 23.9 Å². The smallest absolute Gasteiger partial charge is 0.373 e. The summed E-state index contributed by atoms with van der Waals surface area (Å²) >= 11 is 0. The lowest BCUT2D eigenvalue weighted by molar-refractivity contribution is -0.209. The number of imide groups is 1. The highest BCUT2D eigenvalue weighted by Crippen LogP contribution is 2.22. The van der Waals surface area contributed by atoms with E-state index in [9.17, 15) is 14.4 Å². The molecule has 1 saturated heterocycles. The summed E-state index contributed by atoms with van der Waals surface area (Å²) in [7, 11) is 0. The number of hydrogen-bond acceptors (Lipinski definition) is 5. The lowest BCUT2D eigenvalue weighted by Crippen LogP contribution is -2.44. The van der Waals surface area contributed by atoms with Crippen LogP contribution in [0, 0.1) is 13.8 Å². The zero-order valence-corrected chi connectivity index (χ0v) is 13.6. The molecule has 1 aromatic carbocycles. The van der Waals surface area contributed by atoms with Crippen LogP contribution in [0.4, 0.5) is 0 Å². The van der Waals surface area contributed by atoms with Gasteiger partial charge in [0.25, 0.3) is 11.8 Å². The van der Waals surface area contributed by atoms with E-state index in [0.717, 1.165) is 11.1 Å². The van der Waals surface area contributed by atoms with Crippen LogP contribution in [-0.2, 0) is 19.2 Å². The van der Waals surface area contributed by atoms with Gasteiger partial charge in [-0.15, -0.1) is 5.06 Å². The van der Waals surface area contributed by atoms with Gasteiger partial charge in [-0.05, 0) is 38.3 Å². The standard InChI is InChI=1S/C17H21NO5/c1-4-13(22-14-9-8-11(2)10-12(14)3)17(21)23-18-15(19)6-5-7-16(18)20/h8-10,13H,4-7H2,1-3H3. The molecular weight excluding hydrogens is 298 g/mol. The highest BCUT2D eigenvalue weighted by atomic mass is 16.7. The summed E-state index contributed by atoms with van der Waals surface area (Å²) in [6, 6.07) is 5.63. The van der Waals surface area contributed by atoms with Crippen molar-refractivity contribution in [3.05, 3.63) is 29.3 Å². The van der Waals surface area contributed by atoms with E-state index in [4.69, 9.17) is 9.57 Å². The number of hydroxylamine groups is 2. The predicted octanol–water partition coefficient (Wildman–Crippen LogP) is 2.46. The molecule has 0 aromatic heterocycles. The summed E-state index contributed by atoms with van der Waals surface area (Å²) in [6.45, 7) is 5.63. The molecule has 6 nitrogen and oxygen atoms in total. The van der Waals surface area contributed by atoms with Crippen molar-refractivity contribution in [1.82, 2.24) is 5.06 Å². The topological polar surface area (TPSA) is 72.9 Å². The molecule has 0 aliphatic carbocycles. The van der Waals surface area contributed by atoms with Crippen LogP contribution in [-0.4, -0.2) is 29.0 Å². The van der Waals surface area contributed by atoms with Gasteiger partial charge < -0.3 is 9.57 Å². The number of piperidine rings is 1. The van der Waals surface area contributed by atoms with Crippen molar-refractivity contribution in [2.75, 3.05) is 0 Å². The predicted molar refractivity (Wildman–Crippen MR) is 82.4 cm³/mol. The van der Waals surface area contributed by atoms with Crippen LogP contribution < -0.4 is 4.74 Å². The Labute approximate surface area is 135 Å². The van der Waals surface area contributed by atoms with Crippen molar-refractivity contribution >= 4 is 17.8 Å². The molecule has 0 spiro atoms. The Morgan fingerprint density at radius 3 is 2.43 bits per heavy atom. The molecule has 124 valence electrons. The molecule has 0 N–H and O–H groups in total. The number of carbonyl (C=O) groups is 3. The van der Waals surface area contributed by atoms with E-state index in [1.165, 1.54) is 0 Å². The van der Waals surface area contributed by atoms with Crippen molar-refractivity contribution in [2.24, 2.45) is 0 Å². The average Bonchev–Trinajstić information content (AvgIpc) is 2.50. The molecule has 0 bridgehead atoms. The Bertz CT molecular complexity index is 609. The molecule has 23 heavy (non-hydrogen) atoms. The molecule has 2 rings (SSSR count). The average molecular weight is 319 g/mol. The second-order valence-corrected chi connectivity index (χ2v) is 5.63. The molecule has 1 aromatic rings. The first-order valence-electron chi connectivity index (χ1n) is 7.74. The molecule has 1 aliphatic rings. The van der Waals surface area contributed by atoms with Crippen LogP contribution in [0.3, 0.4) is 0 Å². The van der Waals surface area contributed by atoms with E-state index in [-0.39, 0.29) is 12.8 Å². The van der Waals surface area contributed by atoms with Crippen LogP contribution >= 0.6 is 0 Å². The number of amides is 2. The fourth-order valence-corrected chi connectivity index (χ4v) is 2.37. The van der Waals surface area contributed by atoms with Crippen molar-refractivity contribution < 1.29 is 24.0 Å². The lowest BCUT2D eigenvalue weighted by atomic mass is 10.1. The van der Waals surface area contributed by atoms with Gasteiger partial charge in [0, 0.05) is 12.8 Å². The molecular formula is C17H21NO5. The quantitative estimate of drug-likeness (QED) is 0.780. The Balaban J connectivity index is 2.06. The first kappa shape index (κ1) is 17.0. The van der Waals surface area contributed by atoms with E-state index in [1.54, 1.807) is 13.0 Å². The number of carbonyl (C=O) groups excluding carboxylic acids is 3. The Morgan fingerprint density at radius 2 is 1.87 bits per heavy atom. The molecule has 1 unspecified atom stereocenters. The van der Waals surface area contributed by atoms with Crippen molar-refractivity contribution in [1.29, 1.82) is 0 Å². The minimum absolute atomic E-state index is 0.202. The maximum absolute atomic E-state index is 12.2. The minimum atomic E-state index is -0.876. The van der Waals surface area contributed by atoms with Gasteiger partial charge in [0.15, 0.2) is 6.10 Å². The Hall–Kier alpha value is -2.37. The molecule has 2 amide bonds. The van der Waals surface area contributed by atoms with E-state index in [0.29, 0.717) is 23.7 Å². The van der Waals surface area contributed by atoms with Gasteiger partial charge in [0.05, 0.1) is 0 Å². The Kier molecular flexibility index (Phi) is 5.36. The van der Waals surface area contributed by atoms with E-state index in [2.05, 4.69) is 0 Å². The van der Waals surface area contributed by atoms with Crippen LogP contribution in [0.15, 0.2) is 18.2 Å². The van der Waals surface area contributed by atoms with Gasteiger partial charge in [0.1, 0.15) is 5.75 Å². The molecule has 1 atom stereocenters. The summed E-state index contributed by atoms with van der Waals surface area (Å²) in [4.78, 5) is 40.6. The van der Waals surface area contributed by atoms with Gasteiger partial charge in [-0.3, -0.25) is 9.59 Å². The lowest BCUT2D eigenvalue weighted by Gasteiger charge is -2.25. The molecule has 1 heterocycles. The fraction of sp³-hybridized carbons (Fsp3) is 0.471. The normalized spacial score (nSPS) is 16.2. The second kappa shape index (κ2) is 7.26. The van der Waals surface area contributed by atoms with Crippen molar-refractivity contribution in [3.8, 4) is 5.75 Å². The van der Waals surface area contributed by atoms with Gasteiger partial charge in [0.2, 0.25) is 0 Å². The van der Waals surface area contributed by atoms with Crippen molar-refractivity contribution in [2.45, 2.75) is 52.6 Å². The van der Waals surface area contributed by atoms with Gasteiger partial charge in [-0.25, -0.2) is 4.79 Å². The first-order valence-corrected chi connectivity index (χ1v) is 7.74. The summed E-state index contributed by atoms with van der Waals surface area (Å²) in [6.07, 6.45) is 0.380. The third-order valence-corrected chi connectivity index (χ3v) is 3.65. The number of rotatable bonds is 5. The number of benzene rings is 1. The van der Waals surface area contributed by atoms with E-state index in [1.807, 2.05) is 26.0 Å². The van der Waals surface area contributed by atoms with Crippen LogP contribution in [0.5, 0.6) is 5.75 Å². The van der Waals surface area contributed by atoms with Gasteiger partial charge in [-0.2, -0.15) is 0 Å². The summed E-state index contributed by atoms with van der Waals surface area (Å²) in [5.74, 6) is -1.14. The Morgan fingerprint density at radius 1 is 1.22 bits per heavy atom. The molecule has 6 heteroatoms. The number of hydrogen-bond donors (Lipinski definition) is 0. The SMILES string of the molecule is CCC(Oc1ccc(C)cc1C)C(=O)ON1C(=O)CCCC1=O. The maximum Gasteiger partial charge on any atom is 0.373 e. The molecule has 1 fully saturated rings. The summed E-state index contributed by atoms with van der Waals surface area (Å²) in [5, 5.41) is 0.569. The van der Waals surface area contributed by atoms with Crippen LogP contribution in [0.2, 0.25) is 0 Å². The summed E-state index contributed by atoms with van der Waals surface area (Å²) in [5.41, 5.74) is 2.00. The zero-order valence-electron chi connectivity index (χ0n) is 13.6.